The highest BCUT2D eigenvalue weighted by molar-refractivity contribution is 7.89. The highest BCUT2D eigenvalue weighted by Crippen LogP contribution is 2.28. The lowest BCUT2D eigenvalue weighted by Crippen LogP contribution is -2.32. The summed E-state index contributed by atoms with van der Waals surface area (Å²) >= 11 is 7.54. The molecule has 2 aromatic heterocycles. The van der Waals surface area contributed by atoms with Gasteiger partial charge < -0.3 is 9.88 Å². The molecule has 1 aliphatic heterocycles. The summed E-state index contributed by atoms with van der Waals surface area (Å²) in [5, 5.41) is 1.87. The summed E-state index contributed by atoms with van der Waals surface area (Å²) in [7, 11) is -2.24. The van der Waals surface area contributed by atoms with Gasteiger partial charge in [-0.3, -0.25) is 9.59 Å². The second-order valence-electron chi connectivity index (χ2n) is 7.77. The second kappa shape index (κ2) is 9.30. The molecule has 0 radical (unpaired) electrons. The highest BCUT2D eigenvalue weighted by atomic mass is 35.5. The van der Waals surface area contributed by atoms with E-state index in [-0.39, 0.29) is 27.6 Å². The Morgan fingerprint density at radius 1 is 1.22 bits per heavy atom. The van der Waals surface area contributed by atoms with Crippen LogP contribution in [0, 0.1) is 0 Å². The van der Waals surface area contributed by atoms with E-state index in [1.807, 2.05) is 0 Å². The number of nitrogens with one attached hydrogen (secondary N) is 1. The normalized spacial score (nSPS) is 15.6. The standard InChI is InChI=1S/C21H23ClN4O4S2/c1-25(13-18-23-16-8-11-31-19(16)20(27)24-18)21(28)14-6-7-15(22)17(12-14)32(29,30)26-9-4-2-3-5-10-26/h6-8,11-12H,2-5,9-10,13H2,1H3,(H,23,24,27). The average Bonchev–Trinajstić information content (AvgIpc) is 3.06. The molecule has 1 saturated heterocycles. The fourth-order valence-electron chi connectivity index (χ4n) is 3.77. The number of halogens is 1. The Labute approximate surface area is 194 Å². The van der Waals surface area contributed by atoms with Crippen molar-refractivity contribution in [2.45, 2.75) is 37.1 Å². The van der Waals surface area contributed by atoms with Crippen LogP contribution in [0.2, 0.25) is 5.02 Å². The first-order valence-electron chi connectivity index (χ1n) is 10.3. The van der Waals surface area contributed by atoms with E-state index in [9.17, 15) is 18.0 Å². The van der Waals surface area contributed by atoms with Gasteiger partial charge in [-0.1, -0.05) is 24.4 Å². The Morgan fingerprint density at radius 3 is 2.66 bits per heavy atom. The number of carbonyl (C=O) groups is 1. The third-order valence-corrected chi connectivity index (χ3v) is 8.74. The molecule has 0 saturated carbocycles. The van der Waals surface area contributed by atoms with Crippen molar-refractivity contribution in [2.75, 3.05) is 20.1 Å². The van der Waals surface area contributed by atoms with Crippen molar-refractivity contribution in [1.82, 2.24) is 19.2 Å². The lowest BCUT2D eigenvalue weighted by atomic mass is 10.2. The van der Waals surface area contributed by atoms with Gasteiger partial charge in [-0.2, -0.15) is 4.31 Å². The van der Waals surface area contributed by atoms with Gasteiger partial charge >= 0.3 is 0 Å². The van der Waals surface area contributed by atoms with Gasteiger partial charge in [0.2, 0.25) is 10.0 Å². The monoisotopic (exact) mass is 494 g/mol. The minimum absolute atomic E-state index is 0.0634. The summed E-state index contributed by atoms with van der Waals surface area (Å²) in [5.74, 6) is -0.0508. The van der Waals surface area contributed by atoms with Gasteiger partial charge in [0.25, 0.3) is 11.5 Å². The molecule has 1 N–H and O–H groups in total. The number of fused-ring (bicyclic) bond motifs is 1. The van der Waals surface area contributed by atoms with E-state index in [2.05, 4.69) is 9.97 Å². The van der Waals surface area contributed by atoms with Crippen molar-refractivity contribution in [1.29, 1.82) is 0 Å². The number of amides is 1. The number of hydrogen-bond acceptors (Lipinski definition) is 6. The molecular weight excluding hydrogens is 472 g/mol. The highest BCUT2D eigenvalue weighted by Gasteiger charge is 2.28. The lowest BCUT2D eigenvalue weighted by molar-refractivity contribution is 0.0781. The SMILES string of the molecule is CN(Cc1nc2ccsc2c(=O)[nH]1)C(=O)c1ccc(Cl)c(S(=O)(=O)N2CCCCCC2)c1. The molecule has 32 heavy (non-hydrogen) atoms. The van der Waals surface area contributed by atoms with Crippen LogP contribution in [0.3, 0.4) is 0 Å². The third kappa shape index (κ3) is 4.59. The van der Waals surface area contributed by atoms with Crippen molar-refractivity contribution >= 4 is 49.1 Å². The van der Waals surface area contributed by atoms with Crippen LogP contribution in [0.4, 0.5) is 0 Å². The van der Waals surface area contributed by atoms with E-state index in [1.54, 1.807) is 18.5 Å². The summed E-state index contributed by atoms with van der Waals surface area (Å²) in [5.41, 5.74) is 0.523. The predicted molar refractivity (Wildman–Crippen MR) is 125 cm³/mol. The Hall–Kier alpha value is -2.27. The number of aromatic nitrogens is 2. The molecule has 3 aromatic rings. The predicted octanol–water partition coefficient (Wildman–Crippen LogP) is 3.47. The average molecular weight is 495 g/mol. The first kappa shape index (κ1) is 22.9. The van der Waals surface area contributed by atoms with Crippen LogP contribution in [0.5, 0.6) is 0 Å². The van der Waals surface area contributed by atoms with Crippen LogP contribution in [0.15, 0.2) is 39.3 Å². The lowest BCUT2D eigenvalue weighted by Gasteiger charge is -2.22. The molecule has 4 rings (SSSR count). The summed E-state index contributed by atoms with van der Waals surface area (Å²) < 4.78 is 28.4. The summed E-state index contributed by atoms with van der Waals surface area (Å²) in [6.07, 6.45) is 3.60. The van der Waals surface area contributed by atoms with Crippen LogP contribution in [-0.4, -0.2) is 53.6 Å². The van der Waals surface area contributed by atoms with Gasteiger partial charge in [-0.15, -0.1) is 11.3 Å². The van der Waals surface area contributed by atoms with Crippen molar-refractivity contribution in [2.24, 2.45) is 0 Å². The number of carbonyl (C=O) groups excluding carboxylic acids is 1. The number of benzene rings is 1. The maximum atomic E-state index is 13.2. The smallest absolute Gasteiger partial charge is 0.268 e. The van der Waals surface area contributed by atoms with E-state index in [1.165, 1.54) is 38.7 Å². The Balaban J connectivity index is 1.58. The van der Waals surface area contributed by atoms with Crippen molar-refractivity contribution in [3.63, 3.8) is 0 Å². The van der Waals surface area contributed by atoms with Crippen molar-refractivity contribution in [3.05, 3.63) is 56.4 Å². The molecule has 11 heteroatoms. The van der Waals surface area contributed by atoms with Crippen LogP contribution in [0.1, 0.15) is 41.9 Å². The molecule has 0 atom stereocenters. The van der Waals surface area contributed by atoms with E-state index >= 15 is 0 Å². The molecule has 0 spiro atoms. The Bertz CT molecular complexity index is 1310. The fourth-order valence-corrected chi connectivity index (χ4v) is 6.51. The molecule has 0 bridgehead atoms. The topological polar surface area (TPSA) is 103 Å². The molecule has 0 unspecified atom stereocenters. The number of rotatable bonds is 5. The molecule has 0 aliphatic carbocycles. The van der Waals surface area contributed by atoms with Gasteiger partial charge in [0, 0.05) is 25.7 Å². The summed E-state index contributed by atoms with van der Waals surface area (Å²) in [6, 6.07) is 6.02. The first-order valence-corrected chi connectivity index (χ1v) is 13.0. The summed E-state index contributed by atoms with van der Waals surface area (Å²) in [4.78, 5) is 33.6. The zero-order valence-corrected chi connectivity index (χ0v) is 19.9. The Kier molecular flexibility index (Phi) is 6.66. The van der Waals surface area contributed by atoms with E-state index in [0.29, 0.717) is 29.1 Å². The molecule has 1 fully saturated rings. The number of hydrogen-bond donors (Lipinski definition) is 1. The van der Waals surface area contributed by atoms with E-state index < -0.39 is 15.9 Å². The molecule has 1 amide bonds. The molecule has 170 valence electrons. The van der Waals surface area contributed by atoms with Crippen LogP contribution in [0.25, 0.3) is 10.2 Å². The maximum absolute atomic E-state index is 13.2. The Morgan fingerprint density at radius 2 is 1.94 bits per heavy atom. The zero-order chi connectivity index (χ0) is 22.9. The van der Waals surface area contributed by atoms with E-state index in [0.717, 1.165) is 25.7 Å². The number of H-pyrrole nitrogens is 1. The number of sulfonamides is 1. The molecule has 1 aliphatic rings. The van der Waals surface area contributed by atoms with Crippen molar-refractivity contribution in [3.8, 4) is 0 Å². The quantitative estimate of drug-likeness (QED) is 0.584. The van der Waals surface area contributed by atoms with Crippen LogP contribution >= 0.6 is 22.9 Å². The van der Waals surface area contributed by atoms with E-state index in [4.69, 9.17) is 11.6 Å². The molecule has 1 aromatic carbocycles. The molecule has 8 nitrogen and oxygen atoms in total. The minimum atomic E-state index is -3.81. The van der Waals surface area contributed by atoms with Gasteiger partial charge in [-0.05, 0) is 42.5 Å². The molecular formula is C21H23ClN4O4S2. The van der Waals surface area contributed by atoms with Crippen molar-refractivity contribution < 1.29 is 13.2 Å². The number of aromatic amines is 1. The van der Waals surface area contributed by atoms with Crippen LogP contribution < -0.4 is 5.56 Å². The maximum Gasteiger partial charge on any atom is 0.268 e. The second-order valence-corrected chi connectivity index (χ2v) is 11.0. The number of nitrogens with zero attached hydrogens (tertiary/aromatic N) is 3. The zero-order valence-electron chi connectivity index (χ0n) is 17.5. The molecule has 3 heterocycles. The number of thiophene rings is 1. The third-order valence-electron chi connectivity index (χ3n) is 5.46. The largest absolute Gasteiger partial charge is 0.334 e. The summed E-state index contributed by atoms with van der Waals surface area (Å²) in [6.45, 7) is 0.957. The van der Waals surface area contributed by atoms with Gasteiger partial charge in [-0.25, -0.2) is 13.4 Å². The minimum Gasteiger partial charge on any atom is -0.334 e. The van der Waals surface area contributed by atoms with Crippen LogP contribution in [-0.2, 0) is 16.6 Å². The first-order chi connectivity index (χ1) is 15.3. The van der Waals surface area contributed by atoms with Gasteiger partial charge in [0.1, 0.15) is 15.4 Å². The fraction of sp³-hybridized carbons (Fsp3) is 0.381. The van der Waals surface area contributed by atoms with Gasteiger partial charge in [0.05, 0.1) is 17.1 Å². The van der Waals surface area contributed by atoms with Gasteiger partial charge in [0.15, 0.2) is 0 Å².